The van der Waals surface area contributed by atoms with E-state index in [0.717, 1.165) is 42.7 Å². The summed E-state index contributed by atoms with van der Waals surface area (Å²) in [5, 5.41) is 10.3. The zero-order valence-corrected chi connectivity index (χ0v) is 10.3. The summed E-state index contributed by atoms with van der Waals surface area (Å²) in [5.41, 5.74) is 4.43. The van der Waals surface area contributed by atoms with E-state index in [1.165, 1.54) is 5.56 Å². The highest BCUT2D eigenvalue weighted by molar-refractivity contribution is 5.50. The van der Waals surface area contributed by atoms with Crippen molar-refractivity contribution in [2.24, 2.45) is 0 Å². The smallest absolute Gasteiger partial charge is 0.122 e. The minimum atomic E-state index is 0.307. The molecule has 2 fully saturated rings. The molecule has 17 heavy (non-hydrogen) atoms. The number of hydrogen-bond donors (Lipinski definition) is 1. The minimum Gasteiger partial charge on any atom is -0.507 e. The second-order valence-electron chi connectivity index (χ2n) is 5.12. The van der Waals surface area contributed by atoms with Gasteiger partial charge in [0.05, 0.1) is 25.4 Å². The summed E-state index contributed by atoms with van der Waals surface area (Å²) in [5.74, 6) is 0.455. The summed E-state index contributed by atoms with van der Waals surface area (Å²) < 4.78 is 10.6. The number of aromatic hydroxyl groups is 1. The van der Waals surface area contributed by atoms with Crippen molar-refractivity contribution in [2.75, 3.05) is 13.2 Å². The Hall–Kier alpha value is -1.06. The zero-order valence-electron chi connectivity index (χ0n) is 10.3. The van der Waals surface area contributed by atoms with Gasteiger partial charge in [-0.15, -0.1) is 0 Å². The molecule has 2 unspecified atom stereocenters. The van der Waals surface area contributed by atoms with Crippen molar-refractivity contribution in [3.63, 3.8) is 0 Å². The number of phenols is 1. The molecule has 3 rings (SSSR count). The highest BCUT2D eigenvalue weighted by Crippen LogP contribution is 2.33. The second-order valence-corrected chi connectivity index (χ2v) is 5.12. The lowest BCUT2D eigenvalue weighted by molar-refractivity contribution is 0.395. The molecule has 3 heteroatoms. The predicted octanol–water partition coefficient (Wildman–Crippen LogP) is 1.89. The van der Waals surface area contributed by atoms with Gasteiger partial charge < -0.3 is 14.6 Å². The van der Waals surface area contributed by atoms with Crippen LogP contribution in [0.15, 0.2) is 6.07 Å². The molecule has 2 aliphatic heterocycles. The molecule has 0 saturated carbocycles. The van der Waals surface area contributed by atoms with Gasteiger partial charge >= 0.3 is 0 Å². The second kappa shape index (κ2) is 4.00. The average molecular weight is 234 g/mol. The van der Waals surface area contributed by atoms with Gasteiger partial charge in [-0.2, -0.15) is 0 Å². The Morgan fingerprint density at radius 3 is 2.35 bits per heavy atom. The number of phenolic OH excluding ortho intramolecular Hbond substituents is 1. The van der Waals surface area contributed by atoms with Crippen molar-refractivity contribution in [1.82, 2.24) is 0 Å². The first-order chi connectivity index (χ1) is 8.15. The summed E-state index contributed by atoms with van der Waals surface area (Å²) in [4.78, 5) is 0. The van der Waals surface area contributed by atoms with Crippen LogP contribution < -0.4 is 0 Å². The molecule has 2 aliphatic rings. The van der Waals surface area contributed by atoms with E-state index in [1.54, 1.807) is 0 Å². The Labute approximate surface area is 101 Å². The SMILES string of the molecule is Cc1cc(CC2CO2)c(CC2CO2)c(O)c1C. The minimum absolute atomic E-state index is 0.307. The van der Waals surface area contributed by atoms with Crippen LogP contribution in [0.25, 0.3) is 0 Å². The lowest BCUT2D eigenvalue weighted by Crippen LogP contribution is -2.05. The molecule has 2 saturated heterocycles. The van der Waals surface area contributed by atoms with Crippen LogP contribution in [0.2, 0.25) is 0 Å². The maximum Gasteiger partial charge on any atom is 0.122 e. The van der Waals surface area contributed by atoms with Gasteiger partial charge in [-0.25, -0.2) is 0 Å². The number of benzene rings is 1. The van der Waals surface area contributed by atoms with Gasteiger partial charge in [-0.05, 0) is 30.5 Å². The summed E-state index contributed by atoms with van der Waals surface area (Å²) in [6.07, 6.45) is 2.41. The lowest BCUT2D eigenvalue weighted by atomic mass is 9.93. The molecule has 0 spiro atoms. The van der Waals surface area contributed by atoms with Gasteiger partial charge in [0.15, 0.2) is 0 Å². The van der Waals surface area contributed by atoms with Crippen molar-refractivity contribution < 1.29 is 14.6 Å². The molecular weight excluding hydrogens is 216 g/mol. The molecule has 0 bridgehead atoms. The molecule has 3 nitrogen and oxygen atoms in total. The first-order valence-corrected chi connectivity index (χ1v) is 6.19. The van der Waals surface area contributed by atoms with Crippen LogP contribution in [0.4, 0.5) is 0 Å². The molecule has 92 valence electrons. The summed E-state index contributed by atoms with van der Waals surface area (Å²) in [6, 6.07) is 2.19. The molecule has 2 atom stereocenters. The largest absolute Gasteiger partial charge is 0.507 e. The lowest BCUT2D eigenvalue weighted by Gasteiger charge is -2.14. The Bertz CT molecular complexity index is 445. The molecule has 0 radical (unpaired) electrons. The fourth-order valence-corrected chi connectivity index (χ4v) is 2.28. The monoisotopic (exact) mass is 234 g/mol. The maximum absolute atomic E-state index is 10.3. The number of hydrogen-bond acceptors (Lipinski definition) is 3. The quantitative estimate of drug-likeness (QED) is 0.809. The Morgan fingerprint density at radius 2 is 1.76 bits per heavy atom. The number of epoxide rings is 2. The third kappa shape index (κ3) is 2.31. The van der Waals surface area contributed by atoms with E-state index in [1.807, 2.05) is 13.8 Å². The standard InChI is InChI=1S/C14H18O3/c1-8-3-10(4-11-6-16-11)13(5-12-7-17-12)14(15)9(8)2/h3,11-12,15H,4-7H2,1-2H3. The van der Waals surface area contributed by atoms with Gasteiger partial charge in [0.25, 0.3) is 0 Å². The van der Waals surface area contributed by atoms with Crippen molar-refractivity contribution in [2.45, 2.75) is 38.9 Å². The van der Waals surface area contributed by atoms with Gasteiger partial charge in [-0.3, -0.25) is 0 Å². The number of ether oxygens (including phenoxy) is 2. The molecule has 0 aliphatic carbocycles. The van der Waals surface area contributed by atoms with E-state index in [4.69, 9.17) is 9.47 Å². The highest BCUT2D eigenvalue weighted by atomic mass is 16.6. The molecule has 1 aromatic carbocycles. The molecule has 1 N–H and O–H groups in total. The van der Waals surface area contributed by atoms with Crippen LogP contribution in [-0.2, 0) is 22.3 Å². The van der Waals surface area contributed by atoms with Crippen LogP contribution in [0.1, 0.15) is 22.3 Å². The van der Waals surface area contributed by atoms with E-state index in [2.05, 4.69) is 6.07 Å². The normalized spacial score (nSPS) is 26.0. The fourth-order valence-electron chi connectivity index (χ4n) is 2.28. The van der Waals surface area contributed by atoms with Gasteiger partial charge in [-0.1, -0.05) is 6.07 Å². The first-order valence-electron chi connectivity index (χ1n) is 6.19. The zero-order chi connectivity index (χ0) is 12.0. The van der Waals surface area contributed by atoms with E-state index in [9.17, 15) is 5.11 Å². The Kier molecular flexibility index (Phi) is 2.60. The van der Waals surface area contributed by atoms with Crippen molar-refractivity contribution >= 4 is 0 Å². The molecule has 2 heterocycles. The van der Waals surface area contributed by atoms with Crippen molar-refractivity contribution in [3.05, 3.63) is 28.3 Å². The number of rotatable bonds is 4. The van der Waals surface area contributed by atoms with Gasteiger partial charge in [0.1, 0.15) is 5.75 Å². The Morgan fingerprint density at radius 1 is 1.18 bits per heavy atom. The van der Waals surface area contributed by atoms with Crippen LogP contribution in [0.5, 0.6) is 5.75 Å². The van der Waals surface area contributed by atoms with E-state index in [0.29, 0.717) is 18.0 Å². The highest BCUT2D eigenvalue weighted by Gasteiger charge is 2.29. The van der Waals surface area contributed by atoms with Crippen molar-refractivity contribution in [3.8, 4) is 5.75 Å². The van der Waals surface area contributed by atoms with Crippen LogP contribution >= 0.6 is 0 Å². The summed E-state index contributed by atoms with van der Waals surface area (Å²) >= 11 is 0. The van der Waals surface area contributed by atoms with Gasteiger partial charge in [0, 0.05) is 18.4 Å². The average Bonchev–Trinajstić information content (AvgIpc) is 3.15. The first kappa shape index (κ1) is 11.1. The third-order valence-corrected chi connectivity index (χ3v) is 3.70. The fraction of sp³-hybridized carbons (Fsp3) is 0.571. The topological polar surface area (TPSA) is 45.3 Å². The maximum atomic E-state index is 10.3. The van der Waals surface area contributed by atoms with Crippen LogP contribution in [0, 0.1) is 13.8 Å². The molecule has 0 aromatic heterocycles. The summed E-state index contributed by atoms with van der Waals surface area (Å²) in [7, 11) is 0. The van der Waals surface area contributed by atoms with Crippen LogP contribution in [0.3, 0.4) is 0 Å². The molecular formula is C14H18O3. The van der Waals surface area contributed by atoms with E-state index >= 15 is 0 Å². The van der Waals surface area contributed by atoms with Crippen molar-refractivity contribution in [1.29, 1.82) is 0 Å². The van der Waals surface area contributed by atoms with E-state index in [-0.39, 0.29) is 0 Å². The molecule has 1 aromatic rings. The Balaban J connectivity index is 1.96. The van der Waals surface area contributed by atoms with E-state index < -0.39 is 0 Å². The molecule has 0 amide bonds. The predicted molar refractivity (Wildman–Crippen MR) is 64.5 cm³/mol. The third-order valence-electron chi connectivity index (χ3n) is 3.70. The van der Waals surface area contributed by atoms with Crippen LogP contribution in [-0.4, -0.2) is 30.5 Å². The summed E-state index contributed by atoms with van der Waals surface area (Å²) in [6.45, 7) is 5.70. The number of aryl methyl sites for hydroxylation is 1. The van der Waals surface area contributed by atoms with Gasteiger partial charge in [0.2, 0.25) is 0 Å².